The zero-order chi connectivity index (χ0) is 20.1. The number of carbonyl (C=O) groups is 1. The van der Waals surface area contributed by atoms with Gasteiger partial charge < -0.3 is 10.6 Å². The Morgan fingerprint density at radius 1 is 0.893 bits per heavy atom. The number of para-hydroxylation sites is 1. The Labute approximate surface area is 157 Å². The predicted octanol–water partition coefficient (Wildman–Crippen LogP) is 3.29. The number of carbonyl (C=O) groups excluding carboxylic acids is 1. The molecule has 0 unspecified atom stereocenters. The van der Waals surface area contributed by atoms with E-state index in [1.165, 1.54) is 18.2 Å². The highest BCUT2D eigenvalue weighted by Crippen LogP contribution is 2.31. The maximum atomic E-state index is 12.4. The molecule has 0 aliphatic rings. The lowest BCUT2D eigenvalue weighted by molar-refractivity contribution is -0.384. The number of nitrogens with zero attached hydrogens (tertiary/aromatic N) is 4. The molecule has 1 amide bonds. The third-order valence-electron chi connectivity index (χ3n) is 3.59. The van der Waals surface area contributed by atoms with E-state index < -0.39 is 21.4 Å². The quantitative estimate of drug-likeness (QED) is 0.488. The van der Waals surface area contributed by atoms with Gasteiger partial charge in [0.2, 0.25) is 11.6 Å². The van der Waals surface area contributed by atoms with E-state index in [1.54, 1.807) is 30.3 Å². The predicted molar refractivity (Wildman–Crippen MR) is 99.5 cm³/mol. The Kier molecular flexibility index (Phi) is 5.16. The minimum absolute atomic E-state index is 0.0420. The van der Waals surface area contributed by atoms with Gasteiger partial charge in [0.25, 0.3) is 11.6 Å². The minimum atomic E-state index is -0.781. The summed E-state index contributed by atoms with van der Waals surface area (Å²) in [6.07, 6.45) is 1.06. The summed E-state index contributed by atoms with van der Waals surface area (Å²) in [7, 11) is 0. The van der Waals surface area contributed by atoms with E-state index in [0.29, 0.717) is 5.69 Å². The Morgan fingerprint density at radius 2 is 1.61 bits per heavy atom. The second-order valence-electron chi connectivity index (χ2n) is 5.43. The molecule has 0 aliphatic heterocycles. The fourth-order valence-corrected chi connectivity index (χ4v) is 2.33. The molecule has 0 fully saturated rings. The van der Waals surface area contributed by atoms with Gasteiger partial charge in [0.15, 0.2) is 0 Å². The molecule has 1 aromatic heterocycles. The SMILES string of the molecule is O=C(Nc1ncnc(Nc2ccccc2)c1[N+](=O)[O-])c1cccc([N+](=O)[O-])c1. The summed E-state index contributed by atoms with van der Waals surface area (Å²) < 4.78 is 0. The van der Waals surface area contributed by atoms with Crippen molar-refractivity contribution in [3.8, 4) is 0 Å². The van der Waals surface area contributed by atoms with E-state index in [1.807, 2.05) is 0 Å². The van der Waals surface area contributed by atoms with Crippen molar-refractivity contribution >= 4 is 34.6 Å². The molecule has 3 aromatic rings. The number of nitro groups is 2. The van der Waals surface area contributed by atoms with Crippen LogP contribution in [0.4, 0.5) is 28.7 Å². The van der Waals surface area contributed by atoms with Crippen LogP contribution in [0.25, 0.3) is 0 Å². The van der Waals surface area contributed by atoms with Gasteiger partial charge in [0.05, 0.1) is 9.85 Å². The van der Waals surface area contributed by atoms with Gasteiger partial charge in [-0.15, -0.1) is 0 Å². The fraction of sp³-hybridized carbons (Fsp3) is 0. The first-order valence-corrected chi connectivity index (χ1v) is 7.83. The molecule has 11 nitrogen and oxygen atoms in total. The second-order valence-corrected chi connectivity index (χ2v) is 5.43. The zero-order valence-corrected chi connectivity index (χ0v) is 14.1. The first-order valence-electron chi connectivity index (χ1n) is 7.83. The van der Waals surface area contributed by atoms with Crippen LogP contribution in [0.3, 0.4) is 0 Å². The topological polar surface area (TPSA) is 153 Å². The Balaban J connectivity index is 1.92. The number of aromatic nitrogens is 2. The lowest BCUT2D eigenvalue weighted by atomic mass is 10.2. The number of benzene rings is 2. The second kappa shape index (κ2) is 7.86. The fourth-order valence-electron chi connectivity index (χ4n) is 2.33. The highest BCUT2D eigenvalue weighted by Gasteiger charge is 2.25. The largest absolute Gasteiger partial charge is 0.354 e. The third kappa shape index (κ3) is 4.04. The van der Waals surface area contributed by atoms with Gasteiger partial charge in [-0.2, -0.15) is 0 Å². The van der Waals surface area contributed by atoms with Gasteiger partial charge in [0, 0.05) is 23.4 Å². The lowest BCUT2D eigenvalue weighted by Crippen LogP contribution is -2.15. The first kappa shape index (κ1) is 18.4. The lowest BCUT2D eigenvalue weighted by Gasteiger charge is -2.09. The van der Waals surface area contributed by atoms with Crippen LogP contribution in [0.2, 0.25) is 0 Å². The van der Waals surface area contributed by atoms with Crippen LogP contribution in [0.5, 0.6) is 0 Å². The molecule has 0 atom stereocenters. The van der Waals surface area contributed by atoms with Gasteiger partial charge in [-0.05, 0) is 18.2 Å². The van der Waals surface area contributed by atoms with E-state index in [4.69, 9.17) is 0 Å². The van der Waals surface area contributed by atoms with Crippen LogP contribution in [-0.4, -0.2) is 25.7 Å². The highest BCUT2D eigenvalue weighted by atomic mass is 16.6. The van der Waals surface area contributed by atoms with E-state index in [2.05, 4.69) is 20.6 Å². The maximum Gasteiger partial charge on any atom is 0.354 e. The van der Waals surface area contributed by atoms with E-state index >= 15 is 0 Å². The number of anilines is 3. The molecule has 0 spiro atoms. The van der Waals surface area contributed by atoms with Gasteiger partial charge in [-0.25, -0.2) is 9.97 Å². The Bertz CT molecular complexity index is 1060. The first-order chi connectivity index (χ1) is 13.5. The molecule has 0 radical (unpaired) electrons. The van der Waals surface area contributed by atoms with E-state index in [9.17, 15) is 25.0 Å². The van der Waals surface area contributed by atoms with Gasteiger partial charge in [-0.1, -0.05) is 24.3 Å². The van der Waals surface area contributed by atoms with Crippen LogP contribution in [0.1, 0.15) is 10.4 Å². The maximum absolute atomic E-state index is 12.4. The standard InChI is InChI=1S/C17H12N6O5/c24-17(11-5-4-8-13(9-11)22(25)26)21-16-14(23(27)28)15(18-10-19-16)20-12-6-2-1-3-7-12/h1-10H,(H2,18,19,20,21,24). The van der Waals surface area contributed by atoms with E-state index in [-0.39, 0.29) is 22.9 Å². The summed E-state index contributed by atoms with van der Waals surface area (Å²) >= 11 is 0. The van der Waals surface area contributed by atoms with Gasteiger partial charge in [0.1, 0.15) is 6.33 Å². The number of non-ortho nitro benzene ring substituents is 1. The molecular formula is C17H12N6O5. The molecule has 0 saturated heterocycles. The summed E-state index contributed by atoms with van der Waals surface area (Å²) in [6, 6.07) is 13.6. The molecule has 11 heteroatoms. The molecule has 2 aromatic carbocycles. The molecule has 140 valence electrons. The van der Waals surface area contributed by atoms with Crippen LogP contribution < -0.4 is 10.6 Å². The normalized spacial score (nSPS) is 10.1. The molecule has 1 heterocycles. The number of amides is 1. The van der Waals surface area contributed by atoms with Crippen molar-refractivity contribution in [2.45, 2.75) is 0 Å². The molecule has 28 heavy (non-hydrogen) atoms. The summed E-state index contributed by atoms with van der Waals surface area (Å²) in [5, 5.41) is 27.5. The Hall–Kier alpha value is -4.41. The monoisotopic (exact) mass is 380 g/mol. The molecule has 0 saturated carbocycles. The number of nitrogens with one attached hydrogen (secondary N) is 2. The Morgan fingerprint density at radius 3 is 2.29 bits per heavy atom. The number of hydrogen-bond donors (Lipinski definition) is 2. The number of nitro benzene ring substituents is 1. The van der Waals surface area contributed by atoms with Crippen LogP contribution >= 0.6 is 0 Å². The van der Waals surface area contributed by atoms with Crippen LogP contribution in [0.15, 0.2) is 60.9 Å². The summed E-state index contributed by atoms with van der Waals surface area (Å²) in [5.74, 6) is -1.23. The molecule has 2 N–H and O–H groups in total. The third-order valence-corrected chi connectivity index (χ3v) is 3.59. The average Bonchev–Trinajstić information content (AvgIpc) is 2.68. The summed E-state index contributed by atoms with van der Waals surface area (Å²) in [4.78, 5) is 41.0. The number of rotatable bonds is 6. The van der Waals surface area contributed by atoms with Crippen molar-refractivity contribution in [3.05, 3.63) is 86.7 Å². The van der Waals surface area contributed by atoms with Crippen molar-refractivity contribution < 1.29 is 14.6 Å². The summed E-state index contributed by atoms with van der Waals surface area (Å²) in [5.41, 5.74) is -0.304. The molecule has 3 rings (SSSR count). The van der Waals surface area contributed by atoms with Crippen molar-refractivity contribution in [1.29, 1.82) is 0 Å². The average molecular weight is 380 g/mol. The smallest absolute Gasteiger partial charge is 0.334 e. The molecule has 0 bridgehead atoms. The number of hydrogen-bond acceptors (Lipinski definition) is 8. The van der Waals surface area contributed by atoms with Gasteiger partial charge in [-0.3, -0.25) is 25.0 Å². The van der Waals surface area contributed by atoms with Crippen LogP contribution in [-0.2, 0) is 0 Å². The highest BCUT2D eigenvalue weighted by molar-refractivity contribution is 6.05. The van der Waals surface area contributed by atoms with Crippen molar-refractivity contribution in [3.63, 3.8) is 0 Å². The van der Waals surface area contributed by atoms with Crippen molar-refractivity contribution in [2.24, 2.45) is 0 Å². The molecule has 0 aliphatic carbocycles. The van der Waals surface area contributed by atoms with Crippen molar-refractivity contribution in [2.75, 3.05) is 10.6 Å². The van der Waals surface area contributed by atoms with Crippen molar-refractivity contribution in [1.82, 2.24) is 9.97 Å². The minimum Gasteiger partial charge on any atom is -0.334 e. The van der Waals surface area contributed by atoms with Gasteiger partial charge >= 0.3 is 5.69 Å². The summed E-state index contributed by atoms with van der Waals surface area (Å²) in [6.45, 7) is 0. The van der Waals surface area contributed by atoms with Crippen LogP contribution in [0, 0.1) is 20.2 Å². The zero-order valence-electron chi connectivity index (χ0n) is 14.1. The van der Waals surface area contributed by atoms with E-state index in [0.717, 1.165) is 12.4 Å². The molecular weight excluding hydrogens is 368 g/mol.